The molecule has 7 rings (SSSR count). The van der Waals surface area contributed by atoms with E-state index in [0.717, 1.165) is 85.2 Å². The van der Waals surface area contributed by atoms with Crippen molar-refractivity contribution in [2.24, 2.45) is 12.8 Å². The molecule has 204 valence electrons. The van der Waals surface area contributed by atoms with E-state index >= 15 is 0 Å². The SMILES string of the molecule is CCc1nc2ccccc2n1-c1nc(N2CCOCC2)c2nc(CN3C[C@H]4C[C@@H]3CN4CC(N)=O)n(C)c2n1. The first-order valence-electron chi connectivity index (χ1n) is 13.8. The van der Waals surface area contributed by atoms with Crippen LogP contribution in [0, 0.1) is 0 Å². The molecule has 1 aromatic carbocycles. The molecule has 39 heavy (non-hydrogen) atoms. The number of morpholine rings is 1. The number of rotatable bonds is 7. The third kappa shape index (κ3) is 4.14. The van der Waals surface area contributed by atoms with Gasteiger partial charge in [-0.25, -0.2) is 9.97 Å². The summed E-state index contributed by atoms with van der Waals surface area (Å²) in [5, 5.41) is 0. The van der Waals surface area contributed by atoms with Crippen LogP contribution < -0.4 is 10.6 Å². The van der Waals surface area contributed by atoms with Gasteiger partial charge in [-0.05, 0) is 18.6 Å². The van der Waals surface area contributed by atoms with Gasteiger partial charge in [0.25, 0.3) is 0 Å². The van der Waals surface area contributed by atoms with Gasteiger partial charge in [-0.1, -0.05) is 19.1 Å². The highest BCUT2D eigenvalue weighted by Crippen LogP contribution is 2.33. The number of hydrogen-bond donors (Lipinski definition) is 1. The number of benzene rings is 1. The summed E-state index contributed by atoms with van der Waals surface area (Å²) in [5.41, 5.74) is 9.03. The number of aromatic nitrogens is 6. The number of nitrogens with zero attached hydrogens (tertiary/aromatic N) is 9. The Morgan fingerprint density at radius 2 is 1.79 bits per heavy atom. The Morgan fingerprint density at radius 1 is 1.03 bits per heavy atom. The number of anilines is 1. The highest BCUT2D eigenvalue weighted by molar-refractivity contribution is 5.86. The van der Waals surface area contributed by atoms with Gasteiger partial charge in [0.2, 0.25) is 11.9 Å². The van der Waals surface area contributed by atoms with E-state index in [9.17, 15) is 4.79 Å². The van der Waals surface area contributed by atoms with Crippen LogP contribution in [0.25, 0.3) is 28.1 Å². The lowest BCUT2D eigenvalue weighted by Crippen LogP contribution is -2.48. The van der Waals surface area contributed by atoms with E-state index in [1.807, 2.05) is 25.2 Å². The topological polar surface area (TPSA) is 123 Å². The number of primary amides is 1. The van der Waals surface area contributed by atoms with Crippen molar-refractivity contribution in [3.63, 3.8) is 0 Å². The van der Waals surface area contributed by atoms with Crippen molar-refractivity contribution in [3.8, 4) is 5.95 Å². The molecule has 0 radical (unpaired) electrons. The maximum absolute atomic E-state index is 11.5. The predicted octanol–water partition coefficient (Wildman–Crippen LogP) is 0.845. The average Bonchev–Trinajstić information content (AvgIpc) is 3.70. The number of imidazole rings is 2. The molecule has 3 aromatic heterocycles. The maximum Gasteiger partial charge on any atom is 0.239 e. The van der Waals surface area contributed by atoms with E-state index in [0.29, 0.717) is 37.8 Å². The monoisotopic (exact) mass is 530 g/mol. The molecule has 1 amide bonds. The van der Waals surface area contributed by atoms with Crippen LogP contribution in [0.2, 0.25) is 0 Å². The minimum absolute atomic E-state index is 0.258. The van der Waals surface area contributed by atoms with Crippen molar-refractivity contribution >= 4 is 33.9 Å². The van der Waals surface area contributed by atoms with Gasteiger partial charge in [0.05, 0.1) is 37.3 Å². The van der Waals surface area contributed by atoms with Gasteiger partial charge in [0.15, 0.2) is 17.0 Å². The molecule has 3 aliphatic heterocycles. The van der Waals surface area contributed by atoms with Crippen molar-refractivity contribution in [1.82, 2.24) is 38.9 Å². The van der Waals surface area contributed by atoms with Crippen molar-refractivity contribution in [2.75, 3.05) is 50.8 Å². The number of carbonyl (C=O) groups is 1. The van der Waals surface area contributed by atoms with Gasteiger partial charge in [-0.15, -0.1) is 0 Å². The zero-order valence-electron chi connectivity index (χ0n) is 22.5. The molecule has 4 aromatic rings. The predicted molar refractivity (Wildman–Crippen MR) is 147 cm³/mol. The van der Waals surface area contributed by atoms with Crippen LogP contribution in [0.5, 0.6) is 0 Å². The molecule has 2 bridgehead atoms. The fourth-order valence-electron chi connectivity index (χ4n) is 6.45. The summed E-state index contributed by atoms with van der Waals surface area (Å²) in [6.45, 7) is 7.79. The van der Waals surface area contributed by atoms with Crippen LogP contribution in [0.3, 0.4) is 0 Å². The Bertz CT molecular complexity index is 1560. The largest absolute Gasteiger partial charge is 0.378 e. The van der Waals surface area contributed by atoms with Crippen molar-refractivity contribution in [3.05, 3.63) is 35.9 Å². The minimum atomic E-state index is -0.258. The number of piperazine rings is 1. The van der Waals surface area contributed by atoms with Gasteiger partial charge in [-0.2, -0.15) is 9.97 Å². The summed E-state index contributed by atoms with van der Waals surface area (Å²) in [7, 11) is 2.05. The van der Waals surface area contributed by atoms with Crippen molar-refractivity contribution in [2.45, 2.75) is 38.4 Å². The second-order valence-corrected chi connectivity index (χ2v) is 10.8. The van der Waals surface area contributed by atoms with E-state index < -0.39 is 0 Å². The summed E-state index contributed by atoms with van der Waals surface area (Å²) in [4.78, 5) is 38.6. The standard InChI is InChI=1S/C27H34N10O2/c1-3-22-29-19-6-4-5-7-20(19)37(22)27-31-25-24(26(32-27)34-8-10-39-11-9-34)30-23(33(25)2)16-36-14-17-12-18(36)13-35(17)15-21(28)38/h4-7,17-18H,3,8-16H2,1-2H3,(H2,28,38)/t17-,18-/m1/s1. The highest BCUT2D eigenvalue weighted by Gasteiger charge is 2.43. The van der Waals surface area contributed by atoms with Gasteiger partial charge in [-0.3, -0.25) is 19.2 Å². The molecule has 0 saturated carbocycles. The normalized spacial score (nSPS) is 22.1. The molecule has 6 heterocycles. The van der Waals surface area contributed by atoms with Gasteiger partial charge in [0.1, 0.15) is 11.6 Å². The van der Waals surface area contributed by atoms with Crippen LogP contribution in [0.4, 0.5) is 5.82 Å². The van der Waals surface area contributed by atoms with Crippen LogP contribution in [0.1, 0.15) is 25.0 Å². The zero-order valence-corrected chi connectivity index (χ0v) is 22.5. The minimum Gasteiger partial charge on any atom is -0.378 e. The van der Waals surface area contributed by atoms with Gasteiger partial charge in [0, 0.05) is 51.7 Å². The third-order valence-electron chi connectivity index (χ3n) is 8.41. The molecule has 2 atom stereocenters. The Hall–Kier alpha value is -3.61. The number of ether oxygens (including phenoxy) is 1. The summed E-state index contributed by atoms with van der Waals surface area (Å²) < 4.78 is 9.84. The van der Waals surface area contributed by atoms with E-state index in [1.54, 1.807) is 0 Å². The number of nitrogens with two attached hydrogens (primary N) is 1. The van der Waals surface area contributed by atoms with Crippen molar-refractivity contribution in [1.29, 1.82) is 0 Å². The molecule has 12 nitrogen and oxygen atoms in total. The first kappa shape index (κ1) is 24.4. The summed E-state index contributed by atoms with van der Waals surface area (Å²) in [5.74, 6) is 3.10. The van der Waals surface area contributed by atoms with Gasteiger partial charge < -0.3 is 19.9 Å². The molecular formula is C27H34N10O2. The number of carbonyl (C=O) groups excluding carboxylic acids is 1. The summed E-state index contributed by atoms with van der Waals surface area (Å²) >= 11 is 0. The smallest absolute Gasteiger partial charge is 0.239 e. The highest BCUT2D eigenvalue weighted by atomic mass is 16.5. The molecule has 0 aliphatic carbocycles. The lowest BCUT2D eigenvalue weighted by molar-refractivity contribution is -0.119. The summed E-state index contributed by atoms with van der Waals surface area (Å²) in [6.07, 6.45) is 1.83. The Morgan fingerprint density at radius 3 is 2.54 bits per heavy atom. The molecule has 3 aliphatic rings. The van der Waals surface area contributed by atoms with Crippen LogP contribution in [-0.4, -0.2) is 103 Å². The Labute approximate surface area is 226 Å². The van der Waals surface area contributed by atoms with E-state index in [2.05, 4.69) is 36.8 Å². The maximum atomic E-state index is 11.5. The molecule has 0 spiro atoms. The Balaban J connectivity index is 1.29. The van der Waals surface area contributed by atoms with Crippen LogP contribution in [-0.2, 0) is 29.5 Å². The zero-order chi connectivity index (χ0) is 26.7. The number of para-hydroxylation sites is 2. The first-order chi connectivity index (χ1) is 19.0. The molecule has 2 N–H and O–H groups in total. The number of amides is 1. The third-order valence-corrected chi connectivity index (χ3v) is 8.41. The lowest BCUT2D eigenvalue weighted by Gasteiger charge is -2.33. The van der Waals surface area contributed by atoms with Crippen LogP contribution >= 0.6 is 0 Å². The summed E-state index contributed by atoms with van der Waals surface area (Å²) in [6, 6.07) is 8.91. The second kappa shape index (κ2) is 9.54. The average molecular weight is 531 g/mol. The van der Waals surface area contributed by atoms with E-state index in [-0.39, 0.29) is 5.91 Å². The first-order valence-corrected chi connectivity index (χ1v) is 13.8. The fourth-order valence-corrected chi connectivity index (χ4v) is 6.45. The molecule has 3 fully saturated rings. The molecule has 0 unspecified atom stereocenters. The molecule has 12 heteroatoms. The molecular weight excluding hydrogens is 496 g/mol. The Kier molecular flexibility index (Phi) is 5.98. The van der Waals surface area contributed by atoms with Crippen molar-refractivity contribution < 1.29 is 9.53 Å². The van der Waals surface area contributed by atoms with Crippen LogP contribution in [0.15, 0.2) is 24.3 Å². The number of hydrogen-bond acceptors (Lipinski definition) is 9. The van der Waals surface area contributed by atoms with E-state index in [4.69, 9.17) is 30.4 Å². The van der Waals surface area contributed by atoms with Gasteiger partial charge >= 0.3 is 0 Å². The van der Waals surface area contributed by atoms with E-state index in [1.165, 1.54) is 0 Å². The number of likely N-dealkylation sites (tertiary alicyclic amines) is 2. The second-order valence-electron chi connectivity index (χ2n) is 10.8. The quantitative estimate of drug-likeness (QED) is 0.370. The number of fused-ring (bicyclic) bond motifs is 4. The molecule has 3 saturated heterocycles. The number of aryl methyl sites for hydroxylation is 2. The fraction of sp³-hybridized carbons (Fsp3) is 0.519. The lowest BCUT2D eigenvalue weighted by atomic mass is 10.2.